The van der Waals surface area contributed by atoms with Gasteiger partial charge in [0.2, 0.25) is 5.91 Å². The van der Waals surface area contributed by atoms with Gasteiger partial charge < -0.3 is 10.0 Å². The summed E-state index contributed by atoms with van der Waals surface area (Å²) in [7, 11) is 1.77. The van der Waals surface area contributed by atoms with E-state index in [2.05, 4.69) is 6.92 Å². The van der Waals surface area contributed by atoms with Crippen molar-refractivity contribution in [3.05, 3.63) is 0 Å². The van der Waals surface area contributed by atoms with Crippen LogP contribution in [-0.2, 0) is 9.59 Å². The largest absolute Gasteiger partial charge is 0.481 e. The van der Waals surface area contributed by atoms with Crippen LogP contribution in [0.2, 0.25) is 0 Å². The van der Waals surface area contributed by atoms with Gasteiger partial charge in [-0.25, -0.2) is 0 Å². The number of aliphatic carboxylic acids is 1. The minimum absolute atomic E-state index is 0.00204. The Hall–Kier alpha value is -0.710. The molecule has 0 aliphatic heterocycles. The van der Waals surface area contributed by atoms with Crippen molar-refractivity contribution >= 4 is 23.6 Å². The molecule has 0 spiro atoms. The number of amides is 1. The Morgan fingerprint density at radius 2 is 2.00 bits per heavy atom. The lowest BCUT2D eigenvalue weighted by molar-refractivity contribution is -0.133. The maximum Gasteiger partial charge on any atom is 0.313 e. The summed E-state index contributed by atoms with van der Waals surface area (Å²) in [5, 5.41) is 8.41. The van der Waals surface area contributed by atoms with Crippen LogP contribution in [0.4, 0.5) is 0 Å². The van der Waals surface area contributed by atoms with E-state index < -0.39 is 5.97 Å². The van der Waals surface area contributed by atoms with Crippen molar-refractivity contribution < 1.29 is 14.7 Å². The van der Waals surface area contributed by atoms with Crippen LogP contribution in [0.15, 0.2) is 0 Å². The fourth-order valence-electron chi connectivity index (χ4n) is 1.18. The van der Waals surface area contributed by atoms with Crippen molar-refractivity contribution in [2.24, 2.45) is 0 Å². The molecule has 0 bridgehead atoms. The zero-order valence-electron chi connectivity index (χ0n) is 9.52. The first-order valence-electron chi connectivity index (χ1n) is 5.04. The Morgan fingerprint density at radius 3 is 2.47 bits per heavy atom. The smallest absolute Gasteiger partial charge is 0.313 e. The number of carboxylic acid groups (broad SMARTS) is 1. The molecule has 15 heavy (non-hydrogen) atoms. The molecule has 0 radical (unpaired) electrons. The third kappa shape index (κ3) is 6.38. The molecule has 0 saturated carbocycles. The molecule has 1 atom stereocenters. The molecule has 0 rings (SSSR count). The minimum atomic E-state index is -0.878. The second-order valence-corrected chi connectivity index (χ2v) is 4.51. The molecule has 5 heteroatoms. The molecule has 0 saturated heterocycles. The summed E-state index contributed by atoms with van der Waals surface area (Å²) in [6.07, 6.45) is 2.02. The van der Waals surface area contributed by atoms with Crippen molar-refractivity contribution in [1.82, 2.24) is 4.90 Å². The van der Waals surface area contributed by atoms with Gasteiger partial charge in [-0.3, -0.25) is 9.59 Å². The van der Waals surface area contributed by atoms with E-state index in [1.807, 2.05) is 6.92 Å². The summed E-state index contributed by atoms with van der Waals surface area (Å²) in [5.74, 6) is -0.641. The number of nitrogens with zero attached hydrogens (tertiary/aromatic N) is 1. The summed E-state index contributed by atoms with van der Waals surface area (Å²) in [6, 6.07) is 0.230. The van der Waals surface area contributed by atoms with Gasteiger partial charge >= 0.3 is 5.97 Å². The van der Waals surface area contributed by atoms with Gasteiger partial charge in [-0.2, -0.15) is 0 Å². The highest BCUT2D eigenvalue weighted by atomic mass is 32.2. The summed E-state index contributed by atoms with van der Waals surface area (Å²) in [6.45, 7) is 4.08. The zero-order chi connectivity index (χ0) is 11.8. The molecule has 1 N–H and O–H groups in total. The Kier molecular flexibility index (Phi) is 7.21. The normalized spacial score (nSPS) is 12.2. The van der Waals surface area contributed by atoms with Gasteiger partial charge in [-0.1, -0.05) is 13.3 Å². The molecule has 1 amide bonds. The summed E-state index contributed by atoms with van der Waals surface area (Å²) < 4.78 is 0. The van der Waals surface area contributed by atoms with Crippen LogP contribution in [0.1, 0.15) is 26.7 Å². The van der Waals surface area contributed by atoms with Gasteiger partial charge in [0.25, 0.3) is 0 Å². The van der Waals surface area contributed by atoms with Crippen LogP contribution in [-0.4, -0.2) is 46.5 Å². The van der Waals surface area contributed by atoms with Crippen LogP contribution in [0.3, 0.4) is 0 Å². The Labute approximate surface area is 95.0 Å². The lowest BCUT2D eigenvalue weighted by Crippen LogP contribution is -2.36. The van der Waals surface area contributed by atoms with Crippen LogP contribution >= 0.6 is 11.8 Å². The molecular formula is C10H19NO3S. The Morgan fingerprint density at radius 1 is 1.40 bits per heavy atom. The predicted octanol–water partition coefficient (Wildman–Crippen LogP) is 1.45. The van der Waals surface area contributed by atoms with E-state index in [0.717, 1.165) is 24.6 Å². The number of carbonyl (C=O) groups is 2. The van der Waals surface area contributed by atoms with E-state index in [0.29, 0.717) is 0 Å². The van der Waals surface area contributed by atoms with Crippen molar-refractivity contribution in [3.8, 4) is 0 Å². The van der Waals surface area contributed by atoms with Crippen LogP contribution in [0, 0.1) is 0 Å². The zero-order valence-corrected chi connectivity index (χ0v) is 10.3. The topological polar surface area (TPSA) is 57.6 Å². The summed E-state index contributed by atoms with van der Waals surface area (Å²) >= 11 is 1.14. The first-order chi connectivity index (χ1) is 6.99. The summed E-state index contributed by atoms with van der Waals surface area (Å²) in [4.78, 5) is 23.5. The first-order valence-corrected chi connectivity index (χ1v) is 6.19. The average molecular weight is 233 g/mol. The Balaban J connectivity index is 3.83. The maximum atomic E-state index is 11.6. The summed E-state index contributed by atoms with van der Waals surface area (Å²) in [5.41, 5.74) is 0. The minimum Gasteiger partial charge on any atom is -0.481 e. The molecule has 0 aliphatic rings. The Bertz CT molecular complexity index is 221. The number of hydrogen-bond acceptors (Lipinski definition) is 3. The molecule has 0 aromatic carbocycles. The molecular weight excluding hydrogens is 214 g/mol. The number of carbonyl (C=O) groups excluding carboxylic acids is 1. The highest BCUT2D eigenvalue weighted by Crippen LogP contribution is 2.07. The lowest BCUT2D eigenvalue weighted by Gasteiger charge is -2.24. The fraction of sp³-hybridized carbons (Fsp3) is 0.800. The highest BCUT2D eigenvalue weighted by Gasteiger charge is 2.14. The van der Waals surface area contributed by atoms with Gasteiger partial charge in [-0.05, 0) is 13.3 Å². The van der Waals surface area contributed by atoms with Gasteiger partial charge in [0.1, 0.15) is 0 Å². The standard InChI is InChI=1S/C10H19NO3S/c1-4-5-8(2)11(3)9(12)6-15-7-10(13)14/h8H,4-7H2,1-3H3,(H,13,14). The fourth-order valence-corrected chi connectivity index (χ4v) is 1.84. The molecule has 0 heterocycles. The predicted molar refractivity (Wildman–Crippen MR) is 62.1 cm³/mol. The van der Waals surface area contributed by atoms with Gasteiger partial charge in [0.15, 0.2) is 0 Å². The highest BCUT2D eigenvalue weighted by molar-refractivity contribution is 8.00. The molecule has 4 nitrogen and oxygen atoms in total. The second kappa shape index (κ2) is 7.56. The van der Waals surface area contributed by atoms with Crippen LogP contribution < -0.4 is 0 Å². The molecule has 0 aromatic rings. The van der Waals surface area contributed by atoms with E-state index in [1.165, 1.54) is 0 Å². The maximum absolute atomic E-state index is 11.6. The number of thioether (sulfide) groups is 1. The average Bonchev–Trinajstić information content (AvgIpc) is 2.16. The molecule has 1 unspecified atom stereocenters. The molecule has 0 aliphatic carbocycles. The van der Waals surface area contributed by atoms with Crippen LogP contribution in [0.25, 0.3) is 0 Å². The quantitative estimate of drug-likeness (QED) is 0.723. The first kappa shape index (κ1) is 14.3. The van der Waals surface area contributed by atoms with Gasteiger partial charge in [0.05, 0.1) is 11.5 Å². The van der Waals surface area contributed by atoms with Crippen molar-refractivity contribution in [3.63, 3.8) is 0 Å². The monoisotopic (exact) mass is 233 g/mol. The van der Waals surface area contributed by atoms with Crippen molar-refractivity contribution in [1.29, 1.82) is 0 Å². The van der Waals surface area contributed by atoms with E-state index in [-0.39, 0.29) is 23.5 Å². The molecule has 0 aromatic heterocycles. The van der Waals surface area contributed by atoms with E-state index in [9.17, 15) is 9.59 Å². The molecule has 0 fully saturated rings. The van der Waals surface area contributed by atoms with E-state index >= 15 is 0 Å². The third-order valence-electron chi connectivity index (χ3n) is 2.21. The number of hydrogen-bond donors (Lipinski definition) is 1. The number of carboxylic acids is 1. The lowest BCUT2D eigenvalue weighted by atomic mass is 10.2. The van der Waals surface area contributed by atoms with Gasteiger partial charge in [-0.15, -0.1) is 11.8 Å². The van der Waals surface area contributed by atoms with Crippen molar-refractivity contribution in [2.75, 3.05) is 18.6 Å². The van der Waals surface area contributed by atoms with E-state index in [1.54, 1.807) is 11.9 Å². The SMILES string of the molecule is CCCC(C)N(C)C(=O)CSCC(=O)O. The van der Waals surface area contributed by atoms with Crippen molar-refractivity contribution in [2.45, 2.75) is 32.7 Å². The number of rotatable bonds is 7. The molecule has 88 valence electrons. The van der Waals surface area contributed by atoms with Crippen LogP contribution in [0.5, 0.6) is 0 Å². The second-order valence-electron chi connectivity index (χ2n) is 3.53. The third-order valence-corrected chi connectivity index (χ3v) is 3.11. The van der Waals surface area contributed by atoms with E-state index in [4.69, 9.17) is 5.11 Å². The van der Waals surface area contributed by atoms with Gasteiger partial charge in [0, 0.05) is 13.1 Å².